The van der Waals surface area contributed by atoms with Gasteiger partial charge in [0.15, 0.2) is 6.10 Å². The fraction of sp³-hybridized carbons (Fsp3) is 0.818. The van der Waals surface area contributed by atoms with Crippen molar-refractivity contribution in [1.29, 1.82) is 0 Å². The van der Waals surface area contributed by atoms with E-state index in [0.717, 1.165) is 32.1 Å². The van der Waals surface area contributed by atoms with Crippen LogP contribution in [0, 0.1) is 0 Å². The van der Waals surface area contributed by atoms with Crippen LogP contribution in [0.3, 0.4) is 0 Å². The molecule has 3 N–H and O–H groups in total. The van der Waals surface area contributed by atoms with Gasteiger partial charge in [-0.1, -0.05) is 166 Å². The number of phosphoric acid groups is 1. The number of aliphatic hydroxyl groups is 2. The predicted octanol–water partition coefficient (Wildman–Crippen LogP) is 11.6. The molecule has 0 spiro atoms. The molecule has 0 saturated heterocycles. The molecule has 0 aromatic carbocycles. The minimum absolute atomic E-state index is 0.0932. The van der Waals surface area contributed by atoms with Crippen LogP contribution in [-0.4, -0.2) is 65.7 Å². The molecule has 0 aliphatic heterocycles. The summed E-state index contributed by atoms with van der Waals surface area (Å²) < 4.78 is 32.6. The van der Waals surface area contributed by atoms with Crippen molar-refractivity contribution in [2.45, 2.75) is 206 Å². The van der Waals surface area contributed by atoms with E-state index in [9.17, 15) is 24.2 Å². The van der Waals surface area contributed by atoms with Crippen LogP contribution >= 0.6 is 7.82 Å². The van der Waals surface area contributed by atoms with Crippen LogP contribution < -0.4 is 0 Å². The summed E-state index contributed by atoms with van der Waals surface area (Å²) in [5.74, 6) is -1.03. The molecule has 0 heterocycles. The molecule has 322 valence electrons. The molecule has 1 unspecified atom stereocenters. The molecule has 0 aromatic heterocycles. The van der Waals surface area contributed by atoms with Crippen molar-refractivity contribution in [2.75, 3.05) is 26.4 Å². The zero-order chi connectivity index (χ0) is 40.5. The Morgan fingerprint density at radius 1 is 0.545 bits per heavy atom. The first-order chi connectivity index (χ1) is 26.7. The highest BCUT2D eigenvalue weighted by Crippen LogP contribution is 2.43. The third-order valence-corrected chi connectivity index (χ3v) is 10.2. The van der Waals surface area contributed by atoms with Gasteiger partial charge in [0, 0.05) is 12.8 Å². The summed E-state index contributed by atoms with van der Waals surface area (Å²) in [5, 5.41) is 18.3. The first-order valence-corrected chi connectivity index (χ1v) is 23.4. The molecule has 55 heavy (non-hydrogen) atoms. The van der Waals surface area contributed by atoms with Crippen molar-refractivity contribution in [1.82, 2.24) is 0 Å². The molecule has 10 nitrogen and oxygen atoms in total. The number of allylic oxidation sites excluding steroid dienone is 6. The first kappa shape index (κ1) is 53.2. The fourth-order valence-corrected chi connectivity index (χ4v) is 6.66. The van der Waals surface area contributed by atoms with E-state index >= 15 is 0 Å². The van der Waals surface area contributed by atoms with E-state index in [0.29, 0.717) is 12.8 Å². The van der Waals surface area contributed by atoms with Gasteiger partial charge in [0.05, 0.1) is 19.8 Å². The third-order valence-electron chi connectivity index (χ3n) is 9.28. The van der Waals surface area contributed by atoms with Gasteiger partial charge in [0.1, 0.15) is 12.7 Å². The minimum Gasteiger partial charge on any atom is -0.462 e. The summed E-state index contributed by atoms with van der Waals surface area (Å²) in [5.41, 5.74) is 0. The van der Waals surface area contributed by atoms with Crippen LogP contribution in [0.15, 0.2) is 36.5 Å². The van der Waals surface area contributed by atoms with Crippen LogP contribution in [0.2, 0.25) is 0 Å². The molecular formula is C44H81O10P. The Morgan fingerprint density at radius 2 is 0.982 bits per heavy atom. The summed E-state index contributed by atoms with van der Waals surface area (Å²) >= 11 is 0. The molecule has 3 atom stereocenters. The minimum atomic E-state index is -4.63. The number of unbranched alkanes of at least 4 members (excludes halogenated alkanes) is 21. The first-order valence-electron chi connectivity index (χ1n) is 21.9. The lowest BCUT2D eigenvalue weighted by Crippen LogP contribution is -2.29. The van der Waals surface area contributed by atoms with E-state index in [1.807, 2.05) is 12.2 Å². The highest BCUT2D eigenvalue weighted by Gasteiger charge is 2.27. The monoisotopic (exact) mass is 801 g/mol. The topological polar surface area (TPSA) is 149 Å². The fourth-order valence-electron chi connectivity index (χ4n) is 5.87. The number of rotatable bonds is 41. The maximum atomic E-state index is 12.6. The smallest absolute Gasteiger partial charge is 0.462 e. The van der Waals surface area contributed by atoms with E-state index in [1.54, 1.807) is 0 Å². The zero-order valence-electron chi connectivity index (χ0n) is 34.9. The van der Waals surface area contributed by atoms with Crippen molar-refractivity contribution in [3.05, 3.63) is 36.5 Å². The van der Waals surface area contributed by atoms with Crippen molar-refractivity contribution >= 4 is 19.8 Å². The highest BCUT2D eigenvalue weighted by atomic mass is 31.2. The van der Waals surface area contributed by atoms with Gasteiger partial charge in [-0.2, -0.15) is 0 Å². The van der Waals surface area contributed by atoms with Crippen LogP contribution in [0.5, 0.6) is 0 Å². The summed E-state index contributed by atoms with van der Waals surface area (Å²) in [7, 11) is -4.63. The molecule has 0 saturated carbocycles. The molecule has 0 amide bonds. The normalized spacial score (nSPS) is 14.2. The number of ether oxygens (including phenoxy) is 2. The molecule has 0 radical (unpaired) electrons. The van der Waals surface area contributed by atoms with E-state index in [2.05, 4.69) is 42.7 Å². The number of phosphoric ester groups is 1. The van der Waals surface area contributed by atoms with Gasteiger partial charge in [-0.3, -0.25) is 18.6 Å². The SMILES string of the molecule is CCCCCCCCCCC/C=C/C/C=C/CCCC(=O)OC[C@H](COP(=O)(O)OC[C@@H](O)CO)OC(=O)CC/C=C/CCCCCCCCCCCCC. The number of aliphatic hydroxyl groups excluding tert-OH is 2. The van der Waals surface area contributed by atoms with Crippen LogP contribution in [0.4, 0.5) is 0 Å². The molecule has 0 aromatic rings. The van der Waals surface area contributed by atoms with Gasteiger partial charge in [0.25, 0.3) is 0 Å². The van der Waals surface area contributed by atoms with Gasteiger partial charge >= 0.3 is 19.8 Å². The number of hydrogen-bond donors (Lipinski definition) is 3. The summed E-state index contributed by atoms with van der Waals surface area (Å²) in [4.78, 5) is 34.9. The quantitative estimate of drug-likeness (QED) is 0.0236. The maximum Gasteiger partial charge on any atom is 0.472 e. The standard InChI is InChI=1S/C44H81O10P/c1-3-5-7-9-11-13-15-17-19-20-22-23-25-27-29-31-33-35-43(47)51-39-42(40-53-55(49,50)52-38-41(46)37-45)54-44(48)36-34-32-30-28-26-24-21-18-16-14-12-10-8-6-4-2/h22-23,27,29-30,32,41-42,45-46H,3-21,24-26,28,31,33-40H2,1-2H3,(H,49,50)/b23-22+,29-27+,32-30+/t41-,42+/m0/s1. The van der Waals surface area contributed by atoms with Crippen LogP contribution in [0.25, 0.3) is 0 Å². The van der Waals surface area contributed by atoms with Crippen molar-refractivity contribution < 1.29 is 47.8 Å². The van der Waals surface area contributed by atoms with Crippen LogP contribution in [0.1, 0.15) is 194 Å². The second-order valence-corrected chi connectivity index (χ2v) is 16.2. The van der Waals surface area contributed by atoms with E-state index in [1.165, 1.54) is 122 Å². The molecule has 0 fully saturated rings. The summed E-state index contributed by atoms with van der Waals surface area (Å²) in [6, 6.07) is 0. The molecule has 0 aliphatic rings. The van der Waals surface area contributed by atoms with Crippen molar-refractivity contribution in [3.63, 3.8) is 0 Å². The Kier molecular flexibility index (Phi) is 39.1. The second kappa shape index (κ2) is 40.4. The summed E-state index contributed by atoms with van der Waals surface area (Å²) in [6.45, 7) is 2.30. The number of carbonyl (C=O) groups is 2. The Balaban J connectivity index is 4.38. The van der Waals surface area contributed by atoms with Gasteiger partial charge in [-0.15, -0.1) is 0 Å². The average Bonchev–Trinajstić information content (AvgIpc) is 3.17. The third kappa shape index (κ3) is 40.2. The largest absolute Gasteiger partial charge is 0.472 e. The Hall–Kier alpha value is -1.81. The Bertz CT molecular complexity index is 1010. The lowest BCUT2D eigenvalue weighted by molar-refractivity contribution is -0.161. The zero-order valence-corrected chi connectivity index (χ0v) is 35.8. The lowest BCUT2D eigenvalue weighted by Gasteiger charge is -2.20. The number of carbonyl (C=O) groups excluding carboxylic acids is 2. The number of esters is 2. The molecule has 0 aliphatic carbocycles. The summed E-state index contributed by atoms with van der Waals surface area (Å²) in [6.07, 6.45) is 41.3. The van der Waals surface area contributed by atoms with E-state index < -0.39 is 51.8 Å². The second-order valence-electron chi connectivity index (χ2n) is 14.7. The Morgan fingerprint density at radius 3 is 1.49 bits per heavy atom. The van der Waals surface area contributed by atoms with Gasteiger partial charge in [-0.05, 0) is 51.4 Å². The average molecular weight is 801 g/mol. The number of hydrogen-bond acceptors (Lipinski definition) is 9. The lowest BCUT2D eigenvalue weighted by atomic mass is 10.1. The molecule has 0 rings (SSSR count). The maximum absolute atomic E-state index is 12.6. The van der Waals surface area contributed by atoms with Crippen molar-refractivity contribution in [2.24, 2.45) is 0 Å². The van der Waals surface area contributed by atoms with Gasteiger partial charge < -0.3 is 24.6 Å². The van der Waals surface area contributed by atoms with E-state index in [-0.39, 0.29) is 19.4 Å². The van der Waals surface area contributed by atoms with Crippen LogP contribution in [-0.2, 0) is 32.7 Å². The molecule has 11 heteroatoms. The van der Waals surface area contributed by atoms with E-state index in [4.69, 9.17) is 19.1 Å². The molecule has 0 bridgehead atoms. The van der Waals surface area contributed by atoms with Crippen molar-refractivity contribution in [3.8, 4) is 0 Å². The predicted molar refractivity (Wildman–Crippen MR) is 224 cm³/mol. The van der Waals surface area contributed by atoms with Gasteiger partial charge in [-0.25, -0.2) is 4.57 Å². The Labute approximate surface area is 335 Å². The molecular weight excluding hydrogens is 719 g/mol. The highest BCUT2D eigenvalue weighted by molar-refractivity contribution is 7.47. The van der Waals surface area contributed by atoms with Gasteiger partial charge in [0.2, 0.25) is 0 Å².